The predicted octanol–water partition coefficient (Wildman–Crippen LogP) is 3.46. The zero-order valence-electron chi connectivity index (χ0n) is 10.4. The van der Waals surface area contributed by atoms with Crippen LogP contribution in [0.4, 0.5) is 0 Å². The van der Waals surface area contributed by atoms with Gasteiger partial charge in [0.25, 0.3) is 0 Å². The molecule has 0 N–H and O–H groups in total. The molecule has 2 aromatic heterocycles. The molecule has 0 atom stereocenters. The van der Waals surface area contributed by atoms with E-state index in [2.05, 4.69) is 39.3 Å². The summed E-state index contributed by atoms with van der Waals surface area (Å²) in [6.07, 6.45) is 2.10. The molecule has 0 unspecified atom stereocenters. The molecule has 0 aliphatic carbocycles. The van der Waals surface area contributed by atoms with Crippen LogP contribution in [0.5, 0.6) is 5.75 Å². The molecule has 0 fully saturated rings. The van der Waals surface area contributed by atoms with Crippen LogP contribution in [-0.2, 0) is 6.54 Å². The highest BCUT2D eigenvalue weighted by molar-refractivity contribution is 7.09. The average Bonchev–Trinajstić information content (AvgIpc) is 2.96. The fourth-order valence-electron chi connectivity index (χ4n) is 2.10. The molecule has 0 spiro atoms. The number of methoxy groups -OCH3 is 1. The Bertz CT molecular complexity index is 684. The normalized spacial score (nSPS) is 11.0. The fourth-order valence-corrected chi connectivity index (χ4v) is 2.70. The number of rotatable bonds is 3. The van der Waals surface area contributed by atoms with Crippen LogP contribution in [0.1, 0.15) is 10.7 Å². The van der Waals surface area contributed by atoms with Gasteiger partial charge in [-0.2, -0.15) is 0 Å². The summed E-state index contributed by atoms with van der Waals surface area (Å²) in [6, 6.07) is 8.24. The van der Waals surface area contributed by atoms with E-state index in [-0.39, 0.29) is 0 Å². The molecule has 0 bridgehead atoms. The highest BCUT2D eigenvalue weighted by Crippen LogP contribution is 2.22. The Kier molecular flexibility index (Phi) is 2.80. The van der Waals surface area contributed by atoms with Crippen molar-refractivity contribution in [1.29, 1.82) is 0 Å². The van der Waals surface area contributed by atoms with Crippen LogP contribution >= 0.6 is 11.3 Å². The van der Waals surface area contributed by atoms with E-state index in [1.165, 1.54) is 10.9 Å². The molecule has 92 valence electrons. The molecule has 4 heteroatoms. The quantitative estimate of drug-likeness (QED) is 0.719. The van der Waals surface area contributed by atoms with Gasteiger partial charge in [0, 0.05) is 22.5 Å². The maximum Gasteiger partial charge on any atom is 0.119 e. The predicted molar refractivity (Wildman–Crippen MR) is 74.4 cm³/mol. The van der Waals surface area contributed by atoms with Crippen molar-refractivity contribution in [2.75, 3.05) is 7.11 Å². The van der Waals surface area contributed by atoms with Gasteiger partial charge in [-0.25, -0.2) is 4.98 Å². The zero-order valence-corrected chi connectivity index (χ0v) is 11.2. The number of thiazole rings is 1. The van der Waals surface area contributed by atoms with E-state index < -0.39 is 0 Å². The first kappa shape index (κ1) is 11.3. The summed E-state index contributed by atoms with van der Waals surface area (Å²) in [7, 11) is 1.69. The molecule has 0 aliphatic rings. The number of nitrogens with zero attached hydrogens (tertiary/aromatic N) is 2. The van der Waals surface area contributed by atoms with E-state index >= 15 is 0 Å². The van der Waals surface area contributed by atoms with Crippen molar-refractivity contribution in [3.05, 3.63) is 46.5 Å². The highest BCUT2D eigenvalue weighted by atomic mass is 32.1. The maximum absolute atomic E-state index is 5.23. The highest BCUT2D eigenvalue weighted by Gasteiger charge is 2.05. The van der Waals surface area contributed by atoms with Gasteiger partial charge in [-0.15, -0.1) is 11.3 Å². The van der Waals surface area contributed by atoms with Gasteiger partial charge < -0.3 is 9.30 Å². The minimum Gasteiger partial charge on any atom is -0.497 e. The van der Waals surface area contributed by atoms with Gasteiger partial charge >= 0.3 is 0 Å². The van der Waals surface area contributed by atoms with Crippen LogP contribution in [0.25, 0.3) is 10.9 Å². The van der Waals surface area contributed by atoms with E-state index in [0.717, 1.165) is 23.0 Å². The van der Waals surface area contributed by atoms with Gasteiger partial charge in [-0.05, 0) is 31.2 Å². The van der Waals surface area contributed by atoms with Gasteiger partial charge in [0.1, 0.15) is 5.75 Å². The molecule has 3 rings (SSSR count). The second-order valence-electron chi connectivity index (χ2n) is 4.23. The first-order valence-electron chi connectivity index (χ1n) is 5.80. The number of hydrogen-bond acceptors (Lipinski definition) is 3. The van der Waals surface area contributed by atoms with E-state index in [1.54, 1.807) is 18.4 Å². The lowest BCUT2D eigenvalue weighted by Crippen LogP contribution is -1.98. The second-order valence-corrected chi connectivity index (χ2v) is 5.29. The van der Waals surface area contributed by atoms with E-state index in [4.69, 9.17) is 4.74 Å². The lowest BCUT2D eigenvalue weighted by molar-refractivity contribution is 0.415. The minimum absolute atomic E-state index is 0.820. The number of benzene rings is 1. The van der Waals surface area contributed by atoms with Crippen LogP contribution in [0.2, 0.25) is 0 Å². The maximum atomic E-state index is 5.23. The third-order valence-electron chi connectivity index (χ3n) is 2.98. The molecule has 0 saturated heterocycles. The minimum atomic E-state index is 0.820. The Morgan fingerprint density at radius 2 is 2.22 bits per heavy atom. The van der Waals surface area contributed by atoms with Crippen molar-refractivity contribution >= 4 is 22.2 Å². The molecule has 18 heavy (non-hydrogen) atoms. The molecule has 3 aromatic rings. The van der Waals surface area contributed by atoms with Gasteiger partial charge in [-0.3, -0.25) is 0 Å². The number of hydrogen-bond donors (Lipinski definition) is 0. The third-order valence-corrected chi connectivity index (χ3v) is 3.80. The first-order valence-corrected chi connectivity index (χ1v) is 6.68. The van der Waals surface area contributed by atoms with E-state index in [0.29, 0.717) is 0 Å². The van der Waals surface area contributed by atoms with Gasteiger partial charge in [-0.1, -0.05) is 0 Å². The van der Waals surface area contributed by atoms with Crippen molar-refractivity contribution in [1.82, 2.24) is 9.55 Å². The van der Waals surface area contributed by atoms with E-state index in [9.17, 15) is 0 Å². The topological polar surface area (TPSA) is 27.1 Å². The number of fused-ring (bicyclic) bond motifs is 1. The summed E-state index contributed by atoms with van der Waals surface area (Å²) in [5, 5.41) is 4.43. The van der Waals surface area contributed by atoms with Crippen LogP contribution in [0, 0.1) is 6.92 Å². The summed E-state index contributed by atoms with van der Waals surface area (Å²) in [6.45, 7) is 2.85. The first-order chi connectivity index (χ1) is 8.76. The van der Waals surface area contributed by atoms with Crippen molar-refractivity contribution in [3.63, 3.8) is 0 Å². The standard InChI is InChI=1S/C14H14N2OS/c1-10-15-12(9-18-10)8-16-6-5-11-7-13(17-2)3-4-14(11)16/h3-7,9H,8H2,1-2H3. The molecule has 1 aromatic carbocycles. The van der Waals surface area contributed by atoms with Crippen LogP contribution < -0.4 is 4.74 Å². The summed E-state index contributed by atoms with van der Waals surface area (Å²) < 4.78 is 7.44. The molecule has 2 heterocycles. The monoisotopic (exact) mass is 258 g/mol. The summed E-state index contributed by atoms with van der Waals surface area (Å²) >= 11 is 1.69. The summed E-state index contributed by atoms with van der Waals surface area (Å²) in [5.74, 6) is 0.893. The Hall–Kier alpha value is -1.81. The summed E-state index contributed by atoms with van der Waals surface area (Å²) in [5.41, 5.74) is 2.33. The molecule has 0 aliphatic heterocycles. The SMILES string of the molecule is COc1ccc2c(ccn2Cc2csc(C)n2)c1. The molecule has 0 radical (unpaired) electrons. The van der Waals surface area contributed by atoms with Gasteiger partial charge in [0.15, 0.2) is 0 Å². The largest absolute Gasteiger partial charge is 0.497 e. The molecular formula is C14H14N2OS. The third kappa shape index (κ3) is 1.99. The Balaban J connectivity index is 1.97. The Morgan fingerprint density at radius 3 is 2.94 bits per heavy atom. The van der Waals surface area contributed by atoms with Crippen molar-refractivity contribution in [2.24, 2.45) is 0 Å². The number of ether oxygens (including phenoxy) is 1. The number of aromatic nitrogens is 2. The van der Waals surface area contributed by atoms with Gasteiger partial charge in [0.05, 0.1) is 24.4 Å². The van der Waals surface area contributed by atoms with Crippen molar-refractivity contribution in [2.45, 2.75) is 13.5 Å². The lowest BCUT2D eigenvalue weighted by atomic mass is 10.2. The molecular weight excluding hydrogens is 244 g/mol. The average molecular weight is 258 g/mol. The lowest BCUT2D eigenvalue weighted by Gasteiger charge is -2.04. The fraction of sp³-hybridized carbons (Fsp3) is 0.214. The zero-order chi connectivity index (χ0) is 12.5. The van der Waals surface area contributed by atoms with Crippen LogP contribution in [0.15, 0.2) is 35.8 Å². The smallest absolute Gasteiger partial charge is 0.119 e. The molecule has 0 saturated carbocycles. The van der Waals surface area contributed by atoms with Crippen molar-refractivity contribution < 1.29 is 4.74 Å². The summed E-state index contributed by atoms with van der Waals surface area (Å²) in [4.78, 5) is 4.50. The van der Waals surface area contributed by atoms with E-state index in [1.807, 2.05) is 13.0 Å². The number of aryl methyl sites for hydroxylation is 1. The molecule has 0 amide bonds. The van der Waals surface area contributed by atoms with Gasteiger partial charge in [0.2, 0.25) is 0 Å². The van der Waals surface area contributed by atoms with Crippen LogP contribution in [-0.4, -0.2) is 16.7 Å². The Morgan fingerprint density at radius 1 is 1.33 bits per heavy atom. The Labute approximate surface area is 110 Å². The molecule has 3 nitrogen and oxygen atoms in total. The van der Waals surface area contributed by atoms with Crippen LogP contribution in [0.3, 0.4) is 0 Å². The van der Waals surface area contributed by atoms with Crippen molar-refractivity contribution in [3.8, 4) is 5.75 Å². The second kappa shape index (κ2) is 4.46.